The summed E-state index contributed by atoms with van der Waals surface area (Å²) in [4.78, 5) is 4.36. The Morgan fingerprint density at radius 2 is 1.75 bits per heavy atom. The third-order valence-electron chi connectivity index (χ3n) is 5.93. The molecule has 0 spiro atoms. The van der Waals surface area contributed by atoms with E-state index in [1.807, 2.05) is 13.0 Å². The Morgan fingerprint density at radius 1 is 1.00 bits per heavy atom. The SMILES string of the molecule is CCC1CC(C)=C(Nc2cc(C)nc(-c3ccccc3C(F)(F)F)c2)c2cc(F)ccc21. The van der Waals surface area contributed by atoms with E-state index < -0.39 is 11.7 Å². The molecule has 0 aliphatic heterocycles. The summed E-state index contributed by atoms with van der Waals surface area (Å²) in [6.45, 7) is 5.86. The molecule has 6 heteroatoms. The molecule has 3 aromatic rings. The highest BCUT2D eigenvalue weighted by Crippen LogP contribution is 2.41. The molecule has 32 heavy (non-hydrogen) atoms. The van der Waals surface area contributed by atoms with Crippen LogP contribution in [0.5, 0.6) is 0 Å². The molecule has 0 saturated heterocycles. The van der Waals surface area contributed by atoms with E-state index in [0.717, 1.165) is 41.3 Å². The molecule has 2 aromatic carbocycles. The highest BCUT2D eigenvalue weighted by atomic mass is 19.4. The van der Waals surface area contributed by atoms with Gasteiger partial charge in [-0.25, -0.2) is 4.39 Å². The molecule has 4 rings (SSSR count). The number of anilines is 1. The van der Waals surface area contributed by atoms with Crippen molar-refractivity contribution in [1.82, 2.24) is 4.98 Å². The molecule has 2 nitrogen and oxygen atoms in total. The second kappa shape index (κ2) is 8.41. The average Bonchev–Trinajstić information content (AvgIpc) is 2.74. The Bertz CT molecular complexity index is 1190. The monoisotopic (exact) mass is 440 g/mol. The van der Waals surface area contributed by atoms with Crippen LogP contribution < -0.4 is 5.32 Å². The number of hydrogen-bond acceptors (Lipinski definition) is 2. The van der Waals surface area contributed by atoms with E-state index in [2.05, 4.69) is 17.2 Å². The topological polar surface area (TPSA) is 24.9 Å². The van der Waals surface area contributed by atoms with Gasteiger partial charge in [0.2, 0.25) is 0 Å². The molecule has 166 valence electrons. The zero-order valence-electron chi connectivity index (χ0n) is 18.1. The number of aryl methyl sites for hydroxylation is 1. The van der Waals surface area contributed by atoms with Crippen LogP contribution in [0.1, 0.15) is 55.0 Å². The summed E-state index contributed by atoms with van der Waals surface area (Å²) in [5.74, 6) is -0.0112. The van der Waals surface area contributed by atoms with Crippen molar-refractivity contribution in [2.75, 3.05) is 5.32 Å². The molecule has 0 bridgehead atoms. The summed E-state index contributed by atoms with van der Waals surface area (Å²) in [6, 6.07) is 13.6. The number of rotatable bonds is 4. The number of alkyl halides is 3. The summed E-state index contributed by atoms with van der Waals surface area (Å²) in [6.07, 6.45) is -2.70. The molecule has 1 heterocycles. The number of halogens is 4. The average molecular weight is 440 g/mol. The maximum atomic E-state index is 14.1. The van der Waals surface area contributed by atoms with Crippen molar-refractivity contribution >= 4 is 11.4 Å². The standard InChI is InChI=1S/C26H24F4N2/c1-4-17-11-15(2)25(22-13-18(27)9-10-20(17)22)32-19-12-16(3)31-24(14-19)21-7-5-6-8-23(21)26(28,29)30/h5-10,12-14,17H,4,11H2,1-3H3,(H,31,32). The molecule has 1 aliphatic rings. The molecule has 1 atom stereocenters. The molecule has 1 N–H and O–H groups in total. The maximum absolute atomic E-state index is 14.1. The predicted molar refractivity (Wildman–Crippen MR) is 120 cm³/mol. The van der Waals surface area contributed by atoms with Gasteiger partial charge < -0.3 is 5.32 Å². The van der Waals surface area contributed by atoms with Crippen molar-refractivity contribution in [3.8, 4) is 11.3 Å². The fourth-order valence-electron chi connectivity index (χ4n) is 4.43. The largest absolute Gasteiger partial charge is 0.417 e. The number of nitrogens with one attached hydrogen (secondary N) is 1. The van der Waals surface area contributed by atoms with Gasteiger partial charge in [0, 0.05) is 28.2 Å². The molecular weight excluding hydrogens is 416 g/mol. The summed E-state index contributed by atoms with van der Waals surface area (Å²) in [5, 5.41) is 3.36. The van der Waals surface area contributed by atoms with Crippen LogP contribution in [0.15, 0.2) is 60.2 Å². The van der Waals surface area contributed by atoms with Crippen LogP contribution in [0.25, 0.3) is 17.0 Å². The lowest BCUT2D eigenvalue weighted by molar-refractivity contribution is -0.137. The highest BCUT2D eigenvalue weighted by molar-refractivity contribution is 5.83. The molecule has 1 aliphatic carbocycles. The number of benzene rings is 2. The van der Waals surface area contributed by atoms with Crippen molar-refractivity contribution in [2.24, 2.45) is 0 Å². The summed E-state index contributed by atoms with van der Waals surface area (Å²) in [7, 11) is 0. The zero-order chi connectivity index (χ0) is 23.0. The minimum absolute atomic E-state index is 0.0265. The zero-order valence-corrected chi connectivity index (χ0v) is 18.1. The first-order valence-electron chi connectivity index (χ1n) is 10.6. The quantitative estimate of drug-likeness (QED) is 0.416. The molecule has 0 fully saturated rings. The lowest BCUT2D eigenvalue weighted by Crippen LogP contribution is -2.14. The van der Waals surface area contributed by atoms with E-state index in [9.17, 15) is 17.6 Å². The number of allylic oxidation sites excluding steroid dienone is 1. The Hall–Kier alpha value is -3.15. The van der Waals surface area contributed by atoms with Crippen molar-refractivity contribution in [2.45, 2.75) is 45.7 Å². The predicted octanol–water partition coefficient (Wildman–Crippen LogP) is 7.96. The fourth-order valence-corrected chi connectivity index (χ4v) is 4.43. The van der Waals surface area contributed by atoms with Gasteiger partial charge in [-0.05, 0) is 74.1 Å². The van der Waals surface area contributed by atoms with Crippen molar-refractivity contribution in [1.29, 1.82) is 0 Å². The van der Waals surface area contributed by atoms with E-state index in [-0.39, 0.29) is 17.1 Å². The van der Waals surface area contributed by atoms with Crippen molar-refractivity contribution in [3.63, 3.8) is 0 Å². The normalized spacial score (nSPS) is 16.2. The number of hydrogen-bond donors (Lipinski definition) is 1. The molecule has 0 amide bonds. The van der Waals surface area contributed by atoms with Gasteiger partial charge in [0.1, 0.15) is 5.82 Å². The van der Waals surface area contributed by atoms with Gasteiger partial charge >= 0.3 is 6.18 Å². The third-order valence-corrected chi connectivity index (χ3v) is 5.93. The lowest BCUT2D eigenvalue weighted by Gasteiger charge is -2.29. The lowest BCUT2D eigenvalue weighted by atomic mass is 9.80. The minimum atomic E-state index is -4.48. The van der Waals surface area contributed by atoms with Gasteiger partial charge in [-0.15, -0.1) is 0 Å². The summed E-state index contributed by atoms with van der Waals surface area (Å²) < 4.78 is 54.7. The number of fused-ring (bicyclic) bond motifs is 1. The van der Waals surface area contributed by atoms with Crippen LogP contribution >= 0.6 is 0 Å². The van der Waals surface area contributed by atoms with Gasteiger partial charge in [-0.2, -0.15) is 13.2 Å². The molecule has 1 aromatic heterocycles. The van der Waals surface area contributed by atoms with Crippen LogP contribution in [-0.4, -0.2) is 4.98 Å². The fraction of sp³-hybridized carbons (Fsp3) is 0.269. The van der Waals surface area contributed by atoms with E-state index in [4.69, 9.17) is 0 Å². The Balaban J connectivity index is 1.78. The van der Waals surface area contributed by atoms with Crippen LogP contribution in [0, 0.1) is 12.7 Å². The molecule has 0 saturated carbocycles. The third kappa shape index (κ3) is 4.27. The van der Waals surface area contributed by atoms with Gasteiger partial charge in [0.05, 0.1) is 11.3 Å². The first kappa shape index (κ1) is 22.1. The van der Waals surface area contributed by atoms with Gasteiger partial charge in [0.15, 0.2) is 0 Å². The smallest absolute Gasteiger partial charge is 0.355 e. The van der Waals surface area contributed by atoms with Gasteiger partial charge in [-0.3, -0.25) is 4.98 Å². The van der Waals surface area contributed by atoms with E-state index >= 15 is 0 Å². The Morgan fingerprint density at radius 3 is 2.47 bits per heavy atom. The van der Waals surface area contributed by atoms with Gasteiger partial charge in [0.25, 0.3) is 0 Å². The second-order valence-electron chi connectivity index (χ2n) is 8.25. The first-order valence-corrected chi connectivity index (χ1v) is 10.6. The molecule has 0 radical (unpaired) electrons. The van der Waals surface area contributed by atoms with Crippen LogP contribution in [0.4, 0.5) is 23.2 Å². The first-order chi connectivity index (χ1) is 15.2. The van der Waals surface area contributed by atoms with Gasteiger partial charge in [-0.1, -0.05) is 31.2 Å². The van der Waals surface area contributed by atoms with Crippen LogP contribution in [-0.2, 0) is 6.18 Å². The number of pyridine rings is 1. The minimum Gasteiger partial charge on any atom is -0.355 e. The van der Waals surface area contributed by atoms with E-state index in [1.165, 1.54) is 24.3 Å². The number of nitrogens with zero attached hydrogens (tertiary/aromatic N) is 1. The highest BCUT2D eigenvalue weighted by Gasteiger charge is 2.33. The van der Waals surface area contributed by atoms with Crippen LogP contribution in [0.2, 0.25) is 0 Å². The van der Waals surface area contributed by atoms with E-state index in [1.54, 1.807) is 25.1 Å². The molecular formula is C26H24F4N2. The number of aromatic nitrogens is 1. The Kier molecular flexibility index (Phi) is 5.80. The summed E-state index contributed by atoms with van der Waals surface area (Å²) >= 11 is 0. The van der Waals surface area contributed by atoms with Crippen molar-refractivity contribution in [3.05, 3.63) is 88.4 Å². The Labute approximate surface area is 185 Å². The van der Waals surface area contributed by atoms with E-state index in [0.29, 0.717) is 17.3 Å². The second-order valence-corrected chi connectivity index (χ2v) is 8.25. The van der Waals surface area contributed by atoms with Crippen molar-refractivity contribution < 1.29 is 17.6 Å². The summed E-state index contributed by atoms with van der Waals surface area (Å²) in [5.41, 5.74) is 4.49. The maximum Gasteiger partial charge on any atom is 0.417 e. The van der Waals surface area contributed by atoms with Crippen LogP contribution in [0.3, 0.4) is 0 Å². The molecule has 1 unspecified atom stereocenters.